The zero-order valence-corrected chi connectivity index (χ0v) is 8.95. The molecular weight excluding hydrogens is 229 g/mol. The fourth-order valence-corrected chi connectivity index (χ4v) is 2.09. The Labute approximate surface area is 97.0 Å². The maximum atomic E-state index is 13.6. The van der Waals surface area contributed by atoms with Crippen LogP contribution in [0.5, 0.6) is 0 Å². The van der Waals surface area contributed by atoms with Crippen LogP contribution >= 0.6 is 0 Å². The predicted octanol–water partition coefficient (Wildman–Crippen LogP) is 1.29. The molecule has 1 aromatic rings. The second kappa shape index (κ2) is 4.77. The molecule has 1 N–H and O–H groups in total. The van der Waals surface area contributed by atoms with Crippen molar-refractivity contribution in [3.05, 3.63) is 45.8 Å². The van der Waals surface area contributed by atoms with Gasteiger partial charge in [0.1, 0.15) is 12.4 Å². The van der Waals surface area contributed by atoms with E-state index in [0.717, 1.165) is 0 Å². The summed E-state index contributed by atoms with van der Waals surface area (Å²) >= 11 is 0. The number of nitro groups is 1. The molecule has 1 saturated heterocycles. The highest BCUT2D eigenvalue weighted by Gasteiger charge is 2.40. The van der Waals surface area contributed by atoms with Gasteiger partial charge in [0.25, 0.3) is 0 Å². The zero-order valence-electron chi connectivity index (χ0n) is 8.95. The van der Waals surface area contributed by atoms with Gasteiger partial charge in [0.15, 0.2) is 6.29 Å². The van der Waals surface area contributed by atoms with Gasteiger partial charge in [-0.15, -0.1) is 0 Å². The summed E-state index contributed by atoms with van der Waals surface area (Å²) in [5.41, 5.74) is 0.261. The first kappa shape index (κ1) is 11.9. The number of nitrogens with zero attached hydrogens (tertiary/aromatic N) is 1. The topological polar surface area (TPSA) is 72.6 Å². The van der Waals surface area contributed by atoms with E-state index in [1.54, 1.807) is 6.07 Å². The summed E-state index contributed by atoms with van der Waals surface area (Å²) in [4.78, 5) is 10.4. The van der Waals surface area contributed by atoms with Crippen LogP contribution < -0.4 is 0 Å². The van der Waals surface area contributed by atoms with E-state index in [4.69, 9.17) is 4.74 Å². The lowest BCUT2D eigenvalue weighted by Crippen LogP contribution is -2.41. The van der Waals surface area contributed by atoms with E-state index in [0.29, 0.717) is 0 Å². The smallest absolute Gasteiger partial charge is 0.243 e. The molecule has 6 heteroatoms. The van der Waals surface area contributed by atoms with E-state index in [1.165, 1.54) is 18.2 Å². The third kappa shape index (κ3) is 2.42. The molecule has 0 amide bonds. The summed E-state index contributed by atoms with van der Waals surface area (Å²) < 4.78 is 18.4. The van der Waals surface area contributed by atoms with E-state index >= 15 is 0 Å². The molecule has 0 saturated carbocycles. The summed E-state index contributed by atoms with van der Waals surface area (Å²) in [7, 11) is 0. The van der Waals surface area contributed by atoms with Crippen LogP contribution in [0.3, 0.4) is 0 Å². The molecule has 1 heterocycles. The SMILES string of the molecule is O=[N+]([O-])[C@@H]1CO[C@H](O)C[C@H]1c1ccccc1F. The van der Waals surface area contributed by atoms with Crippen LogP contribution in [0, 0.1) is 15.9 Å². The summed E-state index contributed by atoms with van der Waals surface area (Å²) in [5, 5.41) is 20.2. The molecular formula is C11H12FNO4. The Bertz CT molecular complexity index is 426. The maximum Gasteiger partial charge on any atom is 0.243 e. The Morgan fingerprint density at radius 1 is 1.47 bits per heavy atom. The molecule has 0 bridgehead atoms. The lowest BCUT2D eigenvalue weighted by atomic mass is 9.87. The van der Waals surface area contributed by atoms with Crippen molar-refractivity contribution in [2.45, 2.75) is 24.7 Å². The van der Waals surface area contributed by atoms with Crippen molar-refractivity contribution < 1.29 is 19.2 Å². The number of hydrogen-bond acceptors (Lipinski definition) is 4. The van der Waals surface area contributed by atoms with Gasteiger partial charge in [-0.3, -0.25) is 10.1 Å². The number of ether oxygens (including phenoxy) is 1. The molecule has 3 atom stereocenters. The zero-order chi connectivity index (χ0) is 12.4. The first-order valence-electron chi connectivity index (χ1n) is 5.27. The quantitative estimate of drug-likeness (QED) is 0.625. The van der Waals surface area contributed by atoms with Crippen LogP contribution in [0.25, 0.3) is 0 Å². The molecule has 1 aromatic carbocycles. The largest absolute Gasteiger partial charge is 0.368 e. The lowest BCUT2D eigenvalue weighted by Gasteiger charge is -2.29. The molecule has 2 rings (SSSR count). The first-order chi connectivity index (χ1) is 8.09. The average molecular weight is 241 g/mol. The fourth-order valence-electron chi connectivity index (χ4n) is 2.09. The van der Waals surface area contributed by atoms with Crippen molar-refractivity contribution in [3.8, 4) is 0 Å². The van der Waals surface area contributed by atoms with E-state index in [2.05, 4.69) is 0 Å². The van der Waals surface area contributed by atoms with Gasteiger partial charge in [-0.1, -0.05) is 18.2 Å². The summed E-state index contributed by atoms with van der Waals surface area (Å²) in [5.74, 6) is -1.15. The predicted molar refractivity (Wildman–Crippen MR) is 56.5 cm³/mol. The maximum absolute atomic E-state index is 13.6. The van der Waals surface area contributed by atoms with Gasteiger partial charge in [-0.25, -0.2) is 4.39 Å². The highest BCUT2D eigenvalue weighted by Crippen LogP contribution is 2.32. The van der Waals surface area contributed by atoms with Crippen LogP contribution in [-0.4, -0.2) is 29.0 Å². The van der Waals surface area contributed by atoms with Gasteiger partial charge in [0.2, 0.25) is 6.04 Å². The van der Waals surface area contributed by atoms with Crippen LogP contribution in [-0.2, 0) is 4.74 Å². The standard InChI is InChI=1S/C11H12FNO4/c12-9-4-2-1-3-7(9)8-5-11(14)17-6-10(8)13(15)16/h1-4,8,10-11,14H,5-6H2/t8-,10+,11-/m0/s1. The summed E-state index contributed by atoms with van der Waals surface area (Å²) in [6.07, 6.45) is -1.04. The minimum absolute atomic E-state index is 0.0343. The molecule has 0 unspecified atom stereocenters. The number of halogens is 1. The number of aliphatic hydroxyl groups is 1. The minimum atomic E-state index is -1.07. The third-order valence-corrected chi connectivity index (χ3v) is 2.95. The average Bonchev–Trinajstić information content (AvgIpc) is 2.29. The number of rotatable bonds is 2. The van der Waals surface area contributed by atoms with Crippen LogP contribution in [0.4, 0.5) is 4.39 Å². The number of hydrogen-bond donors (Lipinski definition) is 1. The first-order valence-corrected chi connectivity index (χ1v) is 5.27. The number of benzene rings is 1. The van der Waals surface area contributed by atoms with Crippen molar-refractivity contribution in [1.82, 2.24) is 0 Å². The molecule has 92 valence electrons. The Morgan fingerprint density at radius 3 is 2.82 bits per heavy atom. The molecule has 0 aliphatic carbocycles. The molecule has 0 aromatic heterocycles. The molecule has 1 fully saturated rings. The van der Waals surface area contributed by atoms with Crippen molar-refractivity contribution in [3.63, 3.8) is 0 Å². The fraction of sp³-hybridized carbons (Fsp3) is 0.455. The van der Waals surface area contributed by atoms with E-state index < -0.39 is 29.0 Å². The molecule has 0 radical (unpaired) electrons. The van der Waals surface area contributed by atoms with Gasteiger partial charge in [0, 0.05) is 11.3 Å². The van der Waals surface area contributed by atoms with Gasteiger partial charge in [-0.2, -0.15) is 0 Å². The Kier molecular flexibility index (Phi) is 3.35. The Balaban J connectivity index is 2.32. The number of aliphatic hydroxyl groups excluding tert-OH is 1. The molecule has 17 heavy (non-hydrogen) atoms. The van der Waals surface area contributed by atoms with E-state index in [1.807, 2.05) is 0 Å². The van der Waals surface area contributed by atoms with Crippen molar-refractivity contribution in [2.75, 3.05) is 6.61 Å². The van der Waals surface area contributed by atoms with Crippen LogP contribution in [0.15, 0.2) is 24.3 Å². The van der Waals surface area contributed by atoms with E-state index in [9.17, 15) is 19.6 Å². The monoisotopic (exact) mass is 241 g/mol. The van der Waals surface area contributed by atoms with Gasteiger partial charge < -0.3 is 9.84 Å². The Morgan fingerprint density at radius 2 is 2.18 bits per heavy atom. The van der Waals surface area contributed by atoms with Gasteiger partial charge in [0.05, 0.1) is 5.92 Å². The highest BCUT2D eigenvalue weighted by molar-refractivity contribution is 5.23. The van der Waals surface area contributed by atoms with Crippen molar-refractivity contribution in [2.24, 2.45) is 0 Å². The molecule has 5 nitrogen and oxygen atoms in total. The highest BCUT2D eigenvalue weighted by atomic mass is 19.1. The van der Waals surface area contributed by atoms with Gasteiger partial charge >= 0.3 is 0 Å². The Hall–Kier alpha value is -1.53. The molecule has 1 aliphatic rings. The van der Waals surface area contributed by atoms with E-state index in [-0.39, 0.29) is 18.6 Å². The minimum Gasteiger partial charge on any atom is -0.368 e. The normalized spacial score (nSPS) is 28.9. The third-order valence-electron chi connectivity index (χ3n) is 2.95. The van der Waals surface area contributed by atoms with Crippen molar-refractivity contribution in [1.29, 1.82) is 0 Å². The van der Waals surface area contributed by atoms with Crippen LogP contribution in [0.2, 0.25) is 0 Å². The summed E-state index contributed by atoms with van der Waals surface area (Å²) in [6, 6.07) is 4.89. The summed E-state index contributed by atoms with van der Waals surface area (Å²) in [6.45, 7) is -0.201. The lowest BCUT2D eigenvalue weighted by molar-refractivity contribution is -0.538. The molecule has 0 spiro atoms. The second-order valence-electron chi connectivity index (χ2n) is 4.00. The van der Waals surface area contributed by atoms with Crippen LogP contribution in [0.1, 0.15) is 17.9 Å². The van der Waals surface area contributed by atoms with Crippen molar-refractivity contribution >= 4 is 0 Å². The molecule has 1 aliphatic heterocycles. The van der Waals surface area contributed by atoms with Gasteiger partial charge in [-0.05, 0) is 11.6 Å². The second-order valence-corrected chi connectivity index (χ2v) is 4.00.